The fraction of sp³-hybridized carbons (Fsp3) is 1.00. The topological polar surface area (TPSA) is 163 Å². The van der Waals surface area contributed by atoms with E-state index in [4.69, 9.17) is 20.9 Å². The highest BCUT2D eigenvalue weighted by Gasteiger charge is 2.49. The average molecular weight is 321 g/mol. The molecule has 1 aliphatic carbocycles. The molecule has 1 saturated heterocycles. The van der Waals surface area contributed by atoms with Crippen molar-refractivity contribution >= 4 is 0 Å². The van der Waals surface area contributed by atoms with E-state index in [1.807, 2.05) is 0 Å². The van der Waals surface area contributed by atoms with Gasteiger partial charge in [0.1, 0.15) is 23.9 Å². The third-order valence-electron chi connectivity index (χ3n) is 4.52. The fourth-order valence-corrected chi connectivity index (χ4v) is 3.19. The molecular weight excluding hydrogens is 294 g/mol. The van der Waals surface area contributed by atoms with Crippen molar-refractivity contribution in [2.45, 2.75) is 67.8 Å². The second-order valence-electron chi connectivity index (χ2n) is 6.44. The van der Waals surface area contributed by atoms with E-state index in [1.165, 1.54) is 6.92 Å². The van der Waals surface area contributed by atoms with E-state index < -0.39 is 54.4 Å². The monoisotopic (exact) mass is 321 g/mol. The maximum absolute atomic E-state index is 10.3. The lowest BCUT2D eigenvalue weighted by Crippen LogP contribution is -2.68. The Morgan fingerprint density at radius 1 is 1.14 bits per heavy atom. The molecule has 2 rings (SSSR count). The minimum Gasteiger partial charge on any atom is -0.389 e. The van der Waals surface area contributed by atoms with Gasteiger partial charge in [-0.25, -0.2) is 0 Å². The molecule has 1 heterocycles. The van der Waals surface area contributed by atoms with Crippen molar-refractivity contribution in [3.63, 3.8) is 0 Å². The van der Waals surface area contributed by atoms with E-state index >= 15 is 0 Å². The zero-order valence-corrected chi connectivity index (χ0v) is 12.8. The Labute approximate surface area is 129 Å². The number of hydrogen-bond acceptors (Lipinski definition) is 9. The second kappa shape index (κ2) is 6.63. The smallest absolute Gasteiger partial charge is 0.185 e. The van der Waals surface area contributed by atoms with Crippen LogP contribution in [-0.4, -0.2) is 88.5 Å². The maximum atomic E-state index is 10.3. The molecule has 0 aromatic carbocycles. The largest absolute Gasteiger partial charge is 0.389 e. The van der Waals surface area contributed by atoms with Crippen LogP contribution in [0.1, 0.15) is 13.3 Å². The van der Waals surface area contributed by atoms with Gasteiger partial charge in [-0.15, -0.1) is 0 Å². The Balaban J connectivity index is 2.07. The zero-order valence-electron chi connectivity index (χ0n) is 12.8. The quantitative estimate of drug-likeness (QED) is 0.276. The van der Waals surface area contributed by atoms with Crippen LogP contribution in [0.5, 0.6) is 0 Å². The molecule has 0 amide bonds. The third-order valence-corrected chi connectivity index (χ3v) is 4.52. The summed E-state index contributed by atoms with van der Waals surface area (Å²) < 4.78 is 11.0. The standard InChI is InChI=1S/C13H27N3O6/c1-13(20)4-21-12(9(19)11(13)16-2)22-10-6(15)3-5(14)7(17)8(10)18/h5-12,16-20H,3-4,14-15H2,1-2H3/t5?,6-,7-,8+,9-,10?,11?,12-,13+/m1/s1. The lowest BCUT2D eigenvalue weighted by atomic mass is 9.84. The number of aliphatic hydroxyl groups is 4. The van der Waals surface area contributed by atoms with Crippen LogP contribution in [0.25, 0.3) is 0 Å². The Bertz CT molecular complexity index is 385. The normalized spacial score (nSPS) is 53.5. The first kappa shape index (κ1) is 18.0. The van der Waals surface area contributed by atoms with Crippen LogP contribution in [-0.2, 0) is 9.47 Å². The van der Waals surface area contributed by atoms with Crippen LogP contribution in [0, 0.1) is 0 Å². The second-order valence-corrected chi connectivity index (χ2v) is 6.44. The molecule has 0 spiro atoms. The molecule has 1 aliphatic heterocycles. The summed E-state index contributed by atoms with van der Waals surface area (Å²) in [6, 6.07) is -1.90. The van der Waals surface area contributed by atoms with Crippen LogP contribution < -0.4 is 16.8 Å². The molecule has 1 saturated carbocycles. The van der Waals surface area contributed by atoms with Gasteiger partial charge in [0, 0.05) is 12.1 Å². The SMILES string of the molecule is CNC1[C@@H](O)[C@@H](OC2[C@H](N)CC(N)[C@@H](O)[C@@H]2O)OC[C@]1(C)O. The minimum atomic E-state index is -1.27. The van der Waals surface area contributed by atoms with E-state index in [1.54, 1.807) is 7.05 Å². The first-order valence-corrected chi connectivity index (χ1v) is 7.41. The number of ether oxygens (including phenoxy) is 2. The summed E-state index contributed by atoms with van der Waals surface area (Å²) >= 11 is 0. The fourth-order valence-electron chi connectivity index (χ4n) is 3.19. The number of nitrogens with two attached hydrogens (primary N) is 2. The molecule has 0 aromatic heterocycles. The molecule has 9 nitrogen and oxygen atoms in total. The number of likely N-dealkylation sites (N-methyl/N-ethyl adjacent to an activating group) is 1. The van der Waals surface area contributed by atoms with Crippen LogP contribution in [0.15, 0.2) is 0 Å². The van der Waals surface area contributed by atoms with Gasteiger partial charge >= 0.3 is 0 Å². The van der Waals surface area contributed by atoms with Gasteiger partial charge in [0.25, 0.3) is 0 Å². The third kappa shape index (κ3) is 3.28. The van der Waals surface area contributed by atoms with Crippen molar-refractivity contribution in [2.24, 2.45) is 11.5 Å². The van der Waals surface area contributed by atoms with E-state index in [0.29, 0.717) is 0 Å². The molecule has 2 aliphatic rings. The molecule has 0 aromatic rings. The molecule has 130 valence electrons. The number of aliphatic hydroxyl groups excluding tert-OH is 3. The van der Waals surface area contributed by atoms with Gasteiger partial charge in [-0.1, -0.05) is 0 Å². The molecule has 0 bridgehead atoms. The Hall–Kier alpha value is -0.360. The van der Waals surface area contributed by atoms with E-state index in [0.717, 1.165) is 0 Å². The highest BCUT2D eigenvalue weighted by molar-refractivity contribution is 5.00. The van der Waals surface area contributed by atoms with Crippen molar-refractivity contribution in [1.82, 2.24) is 5.32 Å². The number of nitrogens with one attached hydrogen (secondary N) is 1. The Morgan fingerprint density at radius 2 is 1.77 bits per heavy atom. The van der Waals surface area contributed by atoms with Crippen molar-refractivity contribution < 1.29 is 29.9 Å². The predicted octanol–water partition coefficient (Wildman–Crippen LogP) is -3.79. The molecule has 0 radical (unpaired) electrons. The predicted molar refractivity (Wildman–Crippen MR) is 76.7 cm³/mol. The lowest BCUT2D eigenvalue weighted by molar-refractivity contribution is -0.296. The van der Waals surface area contributed by atoms with Crippen LogP contribution in [0.2, 0.25) is 0 Å². The average Bonchev–Trinajstić information content (AvgIpc) is 2.43. The van der Waals surface area contributed by atoms with E-state index in [9.17, 15) is 20.4 Å². The molecule has 9 N–H and O–H groups in total. The highest BCUT2D eigenvalue weighted by atomic mass is 16.7. The van der Waals surface area contributed by atoms with Gasteiger partial charge in [0.05, 0.1) is 18.8 Å². The van der Waals surface area contributed by atoms with Crippen molar-refractivity contribution in [3.8, 4) is 0 Å². The zero-order chi connectivity index (χ0) is 16.7. The highest BCUT2D eigenvalue weighted by Crippen LogP contribution is 2.28. The summed E-state index contributed by atoms with van der Waals surface area (Å²) in [6.45, 7) is 1.48. The van der Waals surface area contributed by atoms with Crippen LogP contribution in [0.3, 0.4) is 0 Å². The van der Waals surface area contributed by atoms with Gasteiger partial charge in [-0.2, -0.15) is 0 Å². The number of hydrogen-bond donors (Lipinski definition) is 7. The summed E-state index contributed by atoms with van der Waals surface area (Å²) in [6.07, 6.45) is -5.32. The summed E-state index contributed by atoms with van der Waals surface area (Å²) in [4.78, 5) is 0. The van der Waals surface area contributed by atoms with Crippen molar-refractivity contribution in [1.29, 1.82) is 0 Å². The van der Waals surface area contributed by atoms with Gasteiger partial charge in [-0.3, -0.25) is 0 Å². The summed E-state index contributed by atoms with van der Waals surface area (Å²) in [5, 5.41) is 43.2. The summed E-state index contributed by atoms with van der Waals surface area (Å²) in [7, 11) is 1.61. The van der Waals surface area contributed by atoms with Gasteiger partial charge in [0.15, 0.2) is 6.29 Å². The molecule has 22 heavy (non-hydrogen) atoms. The van der Waals surface area contributed by atoms with Crippen LogP contribution >= 0.6 is 0 Å². The van der Waals surface area contributed by atoms with Crippen molar-refractivity contribution in [2.75, 3.05) is 13.7 Å². The molecule has 2 fully saturated rings. The van der Waals surface area contributed by atoms with Gasteiger partial charge in [-0.05, 0) is 20.4 Å². The van der Waals surface area contributed by atoms with Gasteiger partial charge < -0.3 is 46.7 Å². The molecular formula is C13H27N3O6. The van der Waals surface area contributed by atoms with Crippen LogP contribution in [0.4, 0.5) is 0 Å². The van der Waals surface area contributed by atoms with E-state index in [-0.39, 0.29) is 13.0 Å². The molecule has 9 atom stereocenters. The molecule has 3 unspecified atom stereocenters. The molecule has 9 heteroatoms. The lowest BCUT2D eigenvalue weighted by Gasteiger charge is -2.47. The van der Waals surface area contributed by atoms with E-state index in [2.05, 4.69) is 5.32 Å². The number of rotatable bonds is 3. The first-order chi connectivity index (χ1) is 10.2. The summed E-state index contributed by atoms with van der Waals surface area (Å²) in [5.41, 5.74) is 10.4. The Kier molecular flexibility index (Phi) is 5.42. The van der Waals surface area contributed by atoms with Gasteiger partial charge in [0.2, 0.25) is 0 Å². The van der Waals surface area contributed by atoms with Crippen molar-refractivity contribution in [3.05, 3.63) is 0 Å². The Morgan fingerprint density at radius 3 is 2.36 bits per heavy atom. The maximum Gasteiger partial charge on any atom is 0.185 e. The summed E-state index contributed by atoms with van der Waals surface area (Å²) in [5.74, 6) is 0. The minimum absolute atomic E-state index is 0.0552. The first-order valence-electron chi connectivity index (χ1n) is 7.41.